The number of hydrogen-bond donors (Lipinski definition) is 4. The van der Waals surface area contributed by atoms with E-state index in [0.717, 1.165) is 6.33 Å². The van der Waals surface area contributed by atoms with Crippen LogP contribution in [-0.4, -0.2) is 72.4 Å². The molecule has 4 rings (SSSR count). The number of aryl methyl sites for hydroxylation is 1. The molecule has 1 saturated heterocycles. The topological polar surface area (TPSA) is 236 Å². The van der Waals surface area contributed by atoms with E-state index in [-0.39, 0.29) is 22.7 Å². The Morgan fingerprint density at radius 3 is 2.71 bits per heavy atom. The van der Waals surface area contributed by atoms with Crippen molar-refractivity contribution in [1.29, 1.82) is 0 Å². The largest absolute Gasteiger partial charge is 0.462 e. The summed E-state index contributed by atoms with van der Waals surface area (Å²) in [7, 11) is -4.48. The summed E-state index contributed by atoms with van der Waals surface area (Å²) in [6, 6.07) is 6.70. The SMILES string of the molecule is Cc1nc2c(ncn2[C@@H]2O[C@@](COP(=O)(NC(C)C(=O)OC(C)C)Oc3ccccc3)(N=[N+]=[N-])[C@@H](O)[C@H]2O)c(=O)[nH]1. The lowest BCUT2D eigenvalue weighted by atomic mass is 10.1. The van der Waals surface area contributed by atoms with E-state index in [0.29, 0.717) is 0 Å². The zero-order chi connectivity index (χ0) is 29.9. The van der Waals surface area contributed by atoms with Crippen LogP contribution in [0.3, 0.4) is 0 Å². The van der Waals surface area contributed by atoms with Gasteiger partial charge in [-0.05, 0) is 45.4 Å². The molecule has 41 heavy (non-hydrogen) atoms. The Bertz CT molecular complexity index is 1560. The maximum Gasteiger partial charge on any atom is 0.459 e. The number of benzene rings is 1. The monoisotopic (exact) mass is 592 g/mol. The first-order valence-electron chi connectivity index (χ1n) is 12.4. The van der Waals surface area contributed by atoms with Crippen LogP contribution in [0.25, 0.3) is 21.6 Å². The minimum absolute atomic E-state index is 0.0254. The van der Waals surface area contributed by atoms with Gasteiger partial charge in [0, 0.05) is 4.91 Å². The van der Waals surface area contributed by atoms with E-state index in [1.54, 1.807) is 32.0 Å². The molecule has 4 N–H and O–H groups in total. The van der Waals surface area contributed by atoms with Crippen LogP contribution in [0.1, 0.15) is 32.8 Å². The molecule has 17 nitrogen and oxygen atoms in total. The van der Waals surface area contributed by atoms with E-state index >= 15 is 0 Å². The highest BCUT2D eigenvalue weighted by atomic mass is 31.2. The number of aliphatic hydroxyl groups excluding tert-OH is 2. The number of fused-ring (bicyclic) bond motifs is 1. The van der Waals surface area contributed by atoms with E-state index in [4.69, 9.17) is 18.5 Å². The highest BCUT2D eigenvalue weighted by Gasteiger charge is 2.56. The third-order valence-electron chi connectivity index (χ3n) is 5.91. The molecule has 1 aromatic carbocycles. The summed E-state index contributed by atoms with van der Waals surface area (Å²) in [6.45, 7) is 5.28. The third-order valence-corrected chi connectivity index (χ3v) is 7.53. The number of esters is 1. The molecule has 2 aromatic heterocycles. The van der Waals surface area contributed by atoms with Crippen molar-refractivity contribution < 1.29 is 38.1 Å². The molecule has 0 saturated carbocycles. The summed E-state index contributed by atoms with van der Waals surface area (Å²) in [5, 5.41) is 27.9. The minimum Gasteiger partial charge on any atom is -0.462 e. The fourth-order valence-corrected chi connectivity index (χ4v) is 5.55. The van der Waals surface area contributed by atoms with Gasteiger partial charge < -0.3 is 29.2 Å². The van der Waals surface area contributed by atoms with Gasteiger partial charge in [-0.2, -0.15) is 5.09 Å². The number of aromatic amines is 1. The normalized spacial score (nSPS) is 24.5. The lowest BCUT2D eigenvalue weighted by Crippen LogP contribution is -2.45. The number of para-hydroxylation sites is 1. The van der Waals surface area contributed by atoms with Crippen molar-refractivity contribution in [3.63, 3.8) is 0 Å². The predicted molar refractivity (Wildman–Crippen MR) is 141 cm³/mol. The molecule has 1 aliphatic heterocycles. The number of carbonyl (C=O) groups is 1. The number of nitrogens with zero attached hydrogens (tertiary/aromatic N) is 6. The Kier molecular flexibility index (Phi) is 8.80. The van der Waals surface area contributed by atoms with E-state index in [2.05, 4.69) is 30.1 Å². The molecule has 18 heteroatoms. The second-order valence-corrected chi connectivity index (χ2v) is 11.2. The molecule has 1 aliphatic rings. The fourth-order valence-electron chi connectivity index (χ4n) is 4.03. The zero-order valence-corrected chi connectivity index (χ0v) is 23.3. The van der Waals surface area contributed by atoms with Crippen molar-refractivity contribution in [1.82, 2.24) is 24.6 Å². The zero-order valence-electron chi connectivity index (χ0n) is 22.4. The molecule has 6 atom stereocenters. The van der Waals surface area contributed by atoms with Crippen LogP contribution in [0.4, 0.5) is 0 Å². The molecule has 0 spiro atoms. The van der Waals surface area contributed by atoms with Crippen molar-refractivity contribution in [2.45, 2.75) is 64.0 Å². The maximum absolute atomic E-state index is 13.9. The molecule has 0 amide bonds. The highest BCUT2D eigenvalue weighted by Crippen LogP contribution is 2.48. The van der Waals surface area contributed by atoms with Gasteiger partial charge in [0.2, 0.25) is 5.72 Å². The van der Waals surface area contributed by atoms with Gasteiger partial charge in [0.1, 0.15) is 29.8 Å². The van der Waals surface area contributed by atoms with E-state index in [1.165, 1.54) is 30.5 Å². The lowest BCUT2D eigenvalue weighted by molar-refractivity contribution is -0.149. The number of nitrogens with one attached hydrogen (secondary N) is 2. The van der Waals surface area contributed by atoms with Crippen molar-refractivity contribution >= 4 is 24.9 Å². The number of H-pyrrole nitrogens is 1. The second kappa shape index (κ2) is 12.0. The average Bonchev–Trinajstić information content (AvgIpc) is 3.43. The molecule has 2 unspecified atom stereocenters. The number of carbonyl (C=O) groups excluding carboxylic acids is 1. The van der Waals surface area contributed by atoms with E-state index in [9.17, 15) is 29.9 Å². The van der Waals surface area contributed by atoms with Gasteiger partial charge in [0.05, 0.1) is 19.0 Å². The predicted octanol–water partition coefficient (Wildman–Crippen LogP) is 1.82. The number of aromatic nitrogens is 4. The maximum atomic E-state index is 13.9. The van der Waals surface area contributed by atoms with Gasteiger partial charge in [-0.3, -0.25) is 18.7 Å². The number of aliphatic hydroxyl groups is 2. The van der Waals surface area contributed by atoms with Crippen molar-refractivity contribution in [3.8, 4) is 5.75 Å². The van der Waals surface area contributed by atoms with Crippen LogP contribution >= 0.6 is 7.75 Å². The van der Waals surface area contributed by atoms with Crippen LogP contribution in [0.2, 0.25) is 0 Å². The second-order valence-electron chi connectivity index (χ2n) is 9.47. The van der Waals surface area contributed by atoms with E-state index in [1.807, 2.05) is 0 Å². The quantitative estimate of drug-likeness (QED) is 0.0820. The standard InChI is InChI=1S/C23H29N8O9P/c1-12(2)38-22(35)13(3)28-41(36,40-15-8-6-5-7-9-15)37-10-23(29-30-24)18(33)17(32)21(39-23)31-11-25-16-19(31)26-14(4)27-20(16)34/h5-9,11-13,17-18,21,32-33H,10H2,1-4H3,(H,28,36)(H,26,27,34)/t13?,17-,18+,21-,23-,41?/m1/s1. The van der Waals surface area contributed by atoms with Crippen LogP contribution in [0.15, 0.2) is 46.6 Å². The van der Waals surface area contributed by atoms with Crippen molar-refractivity contribution in [3.05, 3.63) is 63.3 Å². The Hall–Kier alpha value is -3.82. The summed E-state index contributed by atoms with van der Waals surface area (Å²) in [5.74, 6) is -0.396. The summed E-state index contributed by atoms with van der Waals surface area (Å²) in [4.78, 5) is 38.1. The summed E-state index contributed by atoms with van der Waals surface area (Å²) in [6.07, 6.45) is -4.42. The number of rotatable bonds is 11. The smallest absolute Gasteiger partial charge is 0.459 e. The van der Waals surface area contributed by atoms with Gasteiger partial charge in [-0.25, -0.2) is 14.5 Å². The van der Waals surface area contributed by atoms with E-state index < -0.39 is 62.2 Å². The highest BCUT2D eigenvalue weighted by molar-refractivity contribution is 7.52. The Morgan fingerprint density at radius 1 is 1.34 bits per heavy atom. The van der Waals surface area contributed by atoms with Gasteiger partial charge in [0.25, 0.3) is 5.56 Å². The first kappa shape index (κ1) is 30.1. The molecule has 1 fully saturated rings. The molecule has 0 radical (unpaired) electrons. The molecule has 0 aliphatic carbocycles. The van der Waals surface area contributed by atoms with Crippen LogP contribution in [-0.2, 0) is 23.4 Å². The first-order chi connectivity index (χ1) is 19.4. The molecular weight excluding hydrogens is 563 g/mol. The first-order valence-corrected chi connectivity index (χ1v) is 13.9. The van der Waals surface area contributed by atoms with Crippen molar-refractivity contribution in [2.24, 2.45) is 5.11 Å². The number of azide groups is 1. The van der Waals surface area contributed by atoms with Crippen molar-refractivity contribution in [2.75, 3.05) is 6.61 Å². The van der Waals surface area contributed by atoms with Crippen LogP contribution in [0.5, 0.6) is 5.75 Å². The number of imidazole rings is 1. The summed E-state index contributed by atoms with van der Waals surface area (Å²) in [5.41, 5.74) is 6.38. The summed E-state index contributed by atoms with van der Waals surface area (Å²) >= 11 is 0. The number of ether oxygens (including phenoxy) is 2. The minimum atomic E-state index is -4.48. The Morgan fingerprint density at radius 2 is 2.05 bits per heavy atom. The molecule has 0 bridgehead atoms. The third kappa shape index (κ3) is 6.41. The van der Waals surface area contributed by atoms with Crippen LogP contribution in [0, 0.1) is 6.92 Å². The molecule has 3 aromatic rings. The summed E-state index contributed by atoms with van der Waals surface area (Å²) < 4.78 is 37.2. The van der Waals surface area contributed by atoms with Gasteiger partial charge in [-0.1, -0.05) is 23.3 Å². The van der Waals surface area contributed by atoms with Gasteiger partial charge in [-0.15, -0.1) is 0 Å². The average molecular weight is 593 g/mol. The van der Waals surface area contributed by atoms with Gasteiger partial charge in [0.15, 0.2) is 17.4 Å². The van der Waals surface area contributed by atoms with Gasteiger partial charge >= 0.3 is 13.7 Å². The molecule has 3 heterocycles. The molecular formula is C23H29N8O9P. The molecule has 220 valence electrons. The lowest BCUT2D eigenvalue weighted by Gasteiger charge is -2.29. The Labute approximate surface area is 232 Å². The Balaban J connectivity index is 1.64. The fraction of sp³-hybridized carbons (Fsp3) is 0.478. The van der Waals surface area contributed by atoms with Crippen LogP contribution < -0.4 is 15.2 Å². The number of hydrogen-bond acceptors (Lipinski definition) is 12.